The van der Waals surface area contributed by atoms with E-state index in [-0.39, 0.29) is 46.1 Å². The fraction of sp³-hybridized carbons (Fsp3) is 0.415. The second-order valence-electron chi connectivity index (χ2n) is 19.8. The van der Waals surface area contributed by atoms with Gasteiger partial charge in [-0.25, -0.2) is 0 Å². The minimum atomic E-state index is -1.77. The van der Waals surface area contributed by atoms with E-state index < -0.39 is 60.9 Å². The molecule has 404 valence electrons. The van der Waals surface area contributed by atoms with Crippen molar-refractivity contribution in [2.75, 3.05) is 19.8 Å². The average Bonchev–Trinajstić information content (AvgIpc) is 3.47. The average molecular weight is 1040 g/mol. The molecule has 2 saturated heterocycles. The monoisotopic (exact) mass is 1030 g/mol. The molecular formula is C65H78O11. The van der Waals surface area contributed by atoms with Gasteiger partial charge in [-0.2, -0.15) is 0 Å². The summed E-state index contributed by atoms with van der Waals surface area (Å²) in [5.41, 5.74) is 3.99. The summed E-state index contributed by atoms with van der Waals surface area (Å²) < 4.78 is 69.5. The molecule has 2 heterocycles. The summed E-state index contributed by atoms with van der Waals surface area (Å²) in [5, 5.41) is 13.6. The second-order valence-corrected chi connectivity index (χ2v) is 19.8. The van der Waals surface area contributed by atoms with Crippen molar-refractivity contribution in [3.8, 4) is 0 Å². The highest BCUT2D eigenvalue weighted by Crippen LogP contribution is 2.41. The van der Waals surface area contributed by atoms with E-state index in [1.807, 2.05) is 182 Å². The first kappa shape index (κ1) is 56.8. The minimum absolute atomic E-state index is 0.0506. The largest absolute Gasteiger partial charge is 0.384 e. The van der Waals surface area contributed by atoms with Crippen molar-refractivity contribution < 1.29 is 52.5 Å². The van der Waals surface area contributed by atoms with Crippen LogP contribution in [0.4, 0.5) is 0 Å². The highest BCUT2D eigenvalue weighted by molar-refractivity contribution is 5.19. The predicted octanol–water partition coefficient (Wildman–Crippen LogP) is 12.3. The van der Waals surface area contributed by atoms with Gasteiger partial charge in [0.2, 0.25) is 0 Å². The Morgan fingerprint density at radius 2 is 0.829 bits per heavy atom. The Kier molecular flexibility index (Phi) is 23.3. The third kappa shape index (κ3) is 17.1. The Morgan fingerprint density at radius 1 is 0.434 bits per heavy atom. The molecule has 0 aliphatic carbocycles. The van der Waals surface area contributed by atoms with E-state index >= 15 is 0 Å². The van der Waals surface area contributed by atoms with Crippen LogP contribution in [0, 0.1) is 0 Å². The van der Waals surface area contributed by atoms with Crippen LogP contribution in [-0.2, 0) is 87.0 Å². The standard InChI is InChI=1S/C65H78O11/c1-3-5-6-7-8-27-41-69-63-60(71-45-53-34-21-12-22-35-53)59(70-44-52-32-19-11-20-33-52)58(56(74-63)48-67-42-50-28-15-9-16-29-50)76-64-62(73-47-55-38-25-14-26-39-55)65(66,40-4-2)61(72-46-54-36-23-13-24-37-54)57(75-64)49-68-43-51-30-17-10-18-31-51/h4,9-26,28-39,56-64,66H,2-3,5-8,27,40-49H2,1H3/t56-,57-,58-,59+,60-,61+,62+,63-,64+,65+/m1/s1. The van der Waals surface area contributed by atoms with Crippen molar-refractivity contribution in [1.29, 1.82) is 0 Å². The molecule has 0 spiro atoms. The number of aliphatic hydroxyl groups is 1. The van der Waals surface area contributed by atoms with Gasteiger partial charge < -0.3 is 52.5 Å². The maximum Gasteiger partial charge on any atom is 0.187 e. The fourth-order valence-electron chi connectivity index (χ4n) is 9.90. The quantitative estimate of drug-likeness (QED) is 0.0322. The molecule has 0 radical (unpaired) electrons. The van der Waals surface area contributed by atoms with Crippen LogP contribution in [0.1, 0.15) is 85.3 Å². The number of benzene rings is 6. The molecule has 0 aromatic heterocycles. The van der Waals surface area contributed by atoms with Crippen LogP contribution in [0.2, 0.25) is 0 Å². The van der Waals surface area contributed by atoms with Gasteiger partial charge in [0.1, 0.15) is 48.3 Å². The van der Waals surface area contributed by atoms with Gasteiger partial charge in [0, 0.05) is 6.61 Å². The lowest BCUT2D eigenvalue weighted by atomic mass is 9.80. The Labute approximate surface area is 451 Å². The molecule has 6 aromatic rings. The molecule has 0 saturated carbocycles. The lowest BCUT2D eigenvalue weighted by molar-refractivity contribution is -0.388. The number of rotatable bonds is 32. The minimum Gasteiger partial charge on any atom is -0.384 e. The van der Waals surface area contributed by atoms with Gasteiger partial charge in [-0.15, -0.1) is 6.58 Å². The van der Waals surface area contributed by atoms with Gasteiger partial charge in [0.15, 0.2) is 12.6 Å². The van der Waals surface area contributed by atoms with E-state index in [2.05, 4.69) is 13.5 Å². The van der Waals surface area contributed by atoms with E-state index in [4.69, 9.17) is 47.4 Å². The van der Waals surface area contributed by atoms with E-state index in [1.54, 1.807) is 6.08 Å². The number of hydrogen-bond donors (Lipinski definition) is 1. The Bertz CT molecular complexity index is 2470. The van der Waals surface area contributed by atoms with Gasteiger partial charge in [-0.3, -0.25) is 0 Å². The molecule has 11 heteroatoms. The maximum atomic E-state index is 13.6. The van der Waals surface area contributed by atoms with Crippen molar-refractivity contribution in [3.63, 3.8) is 0 Å². The topological polar surface area (TPSA) is 113 Å². The third-order valence-electron chi connectivity index (χ3n) is 13.9. The van der Waals surface area contributed by atoms with Gasteiger partial charge in [0.05, 0.1) is 52.9 Å². The molecule has 10 atom stereocenters. The van der Waals surface area contributed by atoms with Gasteiger partial charge >= 0.3 is 0 Å². The molecule has 6 aromatic carbocycles. The zero-order valence-electron chi connectivity index (χ0n) is 44.1. The summed E-state index contributed by atoms with van der Waals surface area (Å²) in [5.74, 6) is 0. The van der Waals surface area contributed by atoms with Gasteiger partial charge in [0.25, 0.3) is 0 Å². The molecular weight excluding hydrogens is 957 g/mol. The van der Waals surface area contributed by atoms with Crippen molar-refractivity contribution in [2.24, 2.45) is 0 Å². The molecule has 11 nitrogen and oxygen atoms in total. The summed E-state index contributed by atoms with van der Waals surface area (Å²) in [7, 11) is 0. The molecule has 2 aliphatic rings. The molecule has 2 fully saturated rings. The fourth-order valence-corrected chi connectivity index (χ4v) is 9.90. The molecule has 0 amide bonds. The van der Waals surface area contributed by atoms with Crippen LogP contribution >= 0.6 is 0 Å². The zero-order chi connectivity index (χ0) is 52.5. The third-order valence-corrected chi connectivity index (χ3v) is 13.9. The molecule has 0 bridgehead atoms. The maximum absolute atomic E-state index is 13.6. The van der Waals surface area contributed by atoms with Crippen LogP contribution in [0.5, 0.6) is 0 Å². The lowest BCUT2D eigenvalue weighted by Gasteiger charge is -2.53. The van der Waals surface area contributed by atoms with Crippen molar-refractivity contribution in [3.05, 3.63) is 228 Å². The Hall–Kier alpha value is -5.38. The Balaban J connectivity index is 1.19. The highest BCUT2D eigenvalue weighted by Gasteiger charge is 2.60. The van der Waals surface area contributed by atoms with E-state index in [0.717, 1.165) is 52.6 Å². The van der Waals surface area contributed by atoms with Crippen molar-refractivity contribution >= 4 is 0 Å². The van der Waals surface area contributed by atoms with E-state index in [0.29, 0.717) is 19.8 Å². The predicted molar refractivity (Wildman–Crippen MR) is 294 cm³/mol. The summed E-state index contributed by atoms with van der Waals surface area (Å²) in [6.45, 7) is 8.41. The molecule has 8 rings (SSSR count). The molecule has 1 N–H and O–H groups in total. The zero-order valence-corrected chi connectivity index (χ0v) is 44.1. The first-order valence-electron chi connectivity index (χ1n) is 27.3. The van der Waals surface area contributed by atoms with Crippen LogP contribution in [0.15, 0.2) is 195 Å². The number of hydrogen-bond acceptors (Lipinski definition) is 11. The van der Waals surface area contributed by atoms with Crippen molar-refractivity contribution in [1.82, 2.24) is 0 Å². The van der Waals surface area contributed by atoms with Crippen molar-refractivity contribution in [2.45, 2.75) is 152 Å². The molecule has 0 unspecified atom stereocenters. The summed E-state index contributed by atoms with van der Waals surface area (Å²) in [6.07, 6.45) is -0.0883. The van der Waals surface area contributed by atoms with E-state index in [9.17, 15) is 5.11 Å². The van der Waals surface area contributed by atoms with Crippen LogP contribution < -0.4 is 0 Å². The van der Waals surface area contributed by atoms with E-state index in [1.165, 1.54) is 19.3 Å². The summed E-state index contributed by atoms with van der Waals surface area (Å²) in [6, 6.07) is 59.8. The molecule has 76 heavy (non-hydrogen) atoms. The van der Waals surface area contributed by atoms with Gasteiger partial charge in [-0.05, 0) is 46.2 Å². The number of unbranched alkanes of at least 4 members (excludes halogenated alkanes) is 5. The van der Waals surface area contributed by atoms with Crippen LogP contribution in [0.25, 0.3) is 0 Å². The normalized spacial score (nSPS) is 24.5. The van der Waals surface area contributed by atoms with Crippen LogP contribution in [0.3, 0.4) is 0 Å². The lowest BCUT2D eigenvalue weighted by Crippen LogP contribution is -2.70. The smallest absolute Gasteiger partial charge is 0.187 e. The summed E-state index contributed by atoms with van der Waals surface area (Å²) >= 11 is 0. The SMILES string of the molecule is C=CC[C@@]1(O)[C@@H](OCc2ccccc2)[C@H](O[C@H]2[C@H](OCc3ccccc3)[C@@H](OCc3ccccc3)[C@H](OCCCCCCCC)O[C@@H]2COCc2ccccc2)O[C@H](COCc2ccccc2)[C@@H]1OCc1ccccc1. The number of ether oxygens (including phenoxy) is 10. The second kappa shape index (κ2) is 31.1. The van der Waals surface area contributed by atoms with Gasteiger partial charge in [-0.1, -0.05) is 227 Å². The first-order valence-corrected chi connectivity index (χ1v) is 27.3. The summed E-state index contributed by atoms with van der Waals surface area (Å²) in [4.78, 5) is 0. The highest BCUT2D eigenvalue weighted by atomic mass is 16.8. The first-order chi connectivity index (χ1) is 37.5. The van der Waals surface area contributed by atoms with Crippen LogP contribution in [-0.4, -0.2) is 85.8 Å². The molecule has 2 aliphatic heterocycles. The Morgan fingerprint density at radius 3 is 1.30 bits per heavy atom.